The van der Waals surface area contributed by atoms with E-state index in [4.69, 9.17) is 5.11 Å². The second kappa shape index (κ2) is 7.91. The van der Waals surface area contributed by atoms with Gasteiger partial charge in [0.2, 0.25) is 5.91 Å². The number of rotatable bonds is 8. The van der Waals surface area contributed by atoms with Crippen molar-refractivity contribution in [1.29, 1.82) is 0 Å². The first-order chi connectivity index (χ1) is 7.47. The highest BCUT2D eigenvalue weighted by Crippen LogP contribution is 2.04. The highest BCUT2D eigenvalue weighted by molar-refractivity contribution is 5.77. The zero-order chi connectivity index (χ0) is 12.6. The zero-order valence-corrected chi connectivity index (χ0v) is 10.1. The summed E-state index contributed by atoms with van der Waals surface area (Å²) in [5.74, 6) is -0.512. The Morgan fingerprint density at radius 1 is 1.38 bits per heavy atom. The maximum Gasteiger partial charge on any atom is 0.305 e. The average Bonchev–Trinajstić information content (AvgIpc) is 2.19. The van der Waals surface area contributed by atoms with E-state index in [2.05, 4.69) is 6.58 Å². The summed E-state index contributed by atoms with van der Waals surface area (Å²) in [4.78, 5) is 23.8. The molecule has 4 heteroatoms. The van der Waals surface area contributed by atoms with Crippen LogP contribution in [-0.4, -0.2) is 35.0 Å². The van der Waals surface area contributed by atoms with Crippen LogP contribution in [0.15, 0.2) is 12.7 Å². The molecule has 0 aliphatic rings. The zero-order valence-electron chi connectivity index (χ0n) is 10.1. The van der Waals surface area contributed by atoms with E-state index in [1.165, 1.54) is 0 Å². The van der Waals surface area contributed by atoms with Crippen molar-refractivity contribution in [2.45, 2.75) is 33.1 Å². The first-order valence-electron chi connectivity index (χ1n) is 5.57. The standard InChI is InChI=1S/C12H21NO3/c1-4-5-6-11(14)13(9-10(2)3)8-7-12(15)16/h4,10H,1,5-9H2,2-3H3,(H,15,16). The van der Waals surface area contributed by atoms with E-state index >= 15 is 0 Å². The molecule has 0 aliphatic carbocycles. The fourth-order valence-corrected chi connectivity index (χ4v) is 1.37. The highest BCUT2D eigenvalue weighted by Gasteiger charge is 2.15. The van der Waals surface area contributed by atoms with Gasteiger partial charge < -0.3 is 10.0 Å². The summed E-state index contributed by atoms with van der Waals surface area (Å²) in [6.45, 7) is 8.49. The molecule has 1 N–H and O–H groups in total. The molecule has 0 rings (SSSR count). The Kier molecular flexibility index (Phi) is 7.25. The molecule has 4 nitrogen and oxygen atoms in total. The smallest absolute Gasteiger partial charge is 0.305 e. The van der Waals surface area contributed by atoms with Gasteiger partial charge in [0.05, 0.1) is 6.42 Å². The van der Waals surface area contributed by atoms with E-state index < -0.39 is 5.97 Å². The number of carboxylic acid groups (broad SMARTS) is 1. The van der Waals surface area contributed by atoms with Gasteiger partial charge in [0, 0.05) is 19.5 Å². The van der Waals surface area contributed by atoms with Crippen LogP contribution in [0.3, 0.4) is 0 Å². The fraction of sp³-hybridized carbons (Fsp3) is 0.667. The summed E-state index contributed by atoms with van der Waals surface area (Å²) in [6, 6.07) is 0. The minimum Gasteiger partial charge on any atom is -0.481 e. The van der Waals surface area contributed by atoms with Crippen LogP contribution >= 0.6 is 0 Å². The van der Waals surface area contributed by atoms with Gasteiger partial charge in [-0.05, 0) is 12.3 Å². The molecule has 16 heavy (non-hydrogen) atoms. The highest BCUT2D eigenvalue weighted by atomic mass is 16.4. The third-order valence-electron chi connectivity index (χ3n) is 2.10. The molecule has 0 aromatic carbocycles. The average molecular weight is 227 g/mol. The van der Waals surface area contributed by atoms with Crippen LogP contribution in [0, 0.1) is 5.92 Å². The first kappa shape index (κ1) is 14.7. The second-order valence-electron chi connectivity index (χ2n) is 4.20. The molecule has 0 aliphatic heterocycles. The summed E-state index contributed by atoms with van der Waals surface area (Å²) < 4.78 is 0. The maximum absolute atomic E-state index is 11.7. The Labute approximate surface area is 96.9 Å². The lowest BCUT2D eigenvalue weighted by Gasteiger charge is -2.23. The van der Waals surface area contributed by atoms with Gasteiger partial charge in [-0.25, -0.2) is 0 Å². The van der Waals surface area contributed by atoms with Crippen molar-refractivity contribution < 1.29 is 14.7 Å². The molecule has 0 spiro atoms. The molecule has 0 bridgehead atoms. The third-order valence-corrected chi connectivity index (χ3v) is 2.10. The molecule has 92 valence electrons. The molecular weight excluding hydrogens is 206 g/mol. The molecule has 0 fully saturated rings. The summed E-state index contributed by atoms with van der Waals surface area (Å²) in [7, 11) is 0. The SMILES string of the molecule is C=CCCC(=O)N(CCC(=O)O)CC(C)C. The second-order valence-corrected chi connectivity index (χ2v) is 4.20. The Bertz CT molecular complexity index is 249. The van der Waals surface area contributed by atoms with Gasteiger partial charge in [0.15, 0.2) is 0 Å². The molecule has 0 saturated carbocycles. The van der Waals surface area contributed by atoms with Crippen molar-refractivity contribution in [2.24, 2.45) is 5.92 Å². The Balaban J connectivity index is 4.22. The number of nitrogens with zero attached hydrogens (tertiary/aromatic N) is 1. The van der Waals surface area contributed by atoms with Gasteiger partial charge in [-0.2, -0.15) is 0 Å². The van der Waals surface area contributed by atoms with E-state index in [0.717, 1.165) is 0 Å². The van der Waals surface area contributed by atoms with Crippen LogP contribution in [-0.2, 0) is 9.59 Å². The molecule has 1 amide bonds. The number of aliphatic carboxylic acids is 1. The Morgan fingerprint density at radius 3 is 2.44 bits per heavy atom. The lowest BCUT2D eigenvalue weighted by atomic mass is 10.2. The van der Waals surface area contributed by atoms with Crippen molar-refractivity contribution in [3.05, 3.63) is 12.7 Å². The molecule has 0 unspecified atom stereocenters. The van der Waals surface area contributed by atoms with Gasteiger partial charge in [-0.1, -0.05) is 19.9 Å². The number of allylic oxidation sites excluding steroid dienone is 1. The Morgan fingerprint density at radius 2 is 2.00 bits per heavy atom. The van der Waals surface area contributed by atoms with Crippen molar-refractivity contribution in [2.75, 3.05) is 13.1 Å². The molecular formula is C12H21NO3. The largest absolute Gasteiger partial charge is 0.481 e. The lowest BCUT2D eigenvalue weighted by molar-refractivity contribution is -0.138. The topological polar surface area (TPSA) is 57.6 Å². The van der Waals surface area contributed by atoms with Crippen molar-refractivity contribution >= 4 is 11.9 Å². The minimum absolute atomic E-state index is 0.00650. The number of carbonyl (C=O) groups is 2. The van der Waals surface area contributed by atoms with E-state index in [1.807, 2.05) is 13.8 Å². The molecule has 0 atom stereocenters. The van der Waals surface area contributed by atoms with E-state index in [9.17, 15) is 9.59 Å². The summed E-state index contributed by atoms with van der Waals surface area (Å²) in [5.41, 5.74) is 0. The lowest BCUT2D eigenvalue weighted by Crippen LogP contribution is -2.35. The third kappa shape index (κ3) is 7.04. The number of carboxylic acids is 1. The fourth-order valence-electron chi connectivity index (χ4n) is 1.37. The predicted molar refractivity (Wildman–Crippen MR) is 63.1 cm³/mol. The van der Waals surface area contributed by atoms with E-state index in [-0.39, 0.29) is 12.3 Å². The first-order valence-corrected chi connectivity index (χ1v) is 5.57. The monoisotopic (exact) mass is 227 g/mol. The summed E-state index contributed by atoms with van der Waals surface area (Å²) >= 11 is 0. The summed E-state index contributed by atoms with van der Waals surface area (Å²) in [5, 5.41) is 8.60. The number of hydrogen-bond donors (Lipinski definition) is 1. The molecule has 0 aromatic rings. The number of hydrogen-bond acceptors (Lipinski definition) is 2. The molecule has 0 radical (unpaired) electrons. The number of amides is 1. The van der Waals surface area contributed by atoms with Gasteiger partial charge in [-0.15, -0.1) is 6.58 Å². The van der Waals surface area contributed by atoms with E-state index in [1.54, 1.807) is 11.0 Å². The molecule has 0 saturated heterocycles. The number of carbonyl (C=O) groups excluding carboxylic acids is 1. The van der Waals surface area contributed by atoms with Crippen LogP contribution in [0.25, 0.3) is 0 Å². The van der Waals surface area contributed by atoms with Crippen LogP contribution in [0.5, 0.6) is 0 Å². The molecule has 0 aromatic heterocycles. The van der Waals surface area contributed by atoms with Crippen molar-refractivity contribution in [3.63, 3.8) is 0 Å². The van der Waals surface area contributed by atoms with Gasteiger partial charge in [0.25, 0.3) is 0 Å². The maximum atomic E-state index is 11.7. The normalized spacial score (nSPS) is 10.2. The molecule has 0 heterocycles. The predicted octanol–water partition coefficient (Wildman–Crippen LogP) is 1.91. The van der Waals surface area contributed by atoms with Gasteiger partial charge in [-0.3, -0.25) is 9.59 Å². The van der Waals surface area contributed by atoms with E-state index in [0.29, 0.717) is 31.8 Å². The van der Waals surface area contributed by atoms with Crippen molar-refractivity contribution in [1.82, 2.24) is 4.90 Å². The minimum atomic E-state index is -0.870. The van der Waals surface area contributed by atoms with Crippen LogP contribution in [0.2, 0.25) is 0 Å². The van der Waals surface area contributed by atoms with Crippen LogP contribution in [0.1, 0.15) is 33.1 Å². The Hall–Kier alpha value is -1.32. The summed E-state index contributed by atoms with van der Waals surface area (Å²) in [6.07, 6.45) is 2.76. The van der Waals surface area contributed by atoms with Crippen LogP contribution < -0.4 is 0 Å². The quantitative estimate of drug-likeness (QED) is 0.644. The van der Waals surface area contributed by atoms with Gasteiger partial charge in [0.1, 0.15) is 0 Å². The van der Waals surface area contributed by atoms with Crippen LogP contribution in [0.4, 0.5) is 0 Å². The van der Waals surface area contributed by atoms with Gasteiger partial charge >= 0.3 is 5.97 Å². The van der Waals surface area contributed by atoms with Crippen molar-refractivity contribution in [3.8, 4) is 0 Å².